The predicted molar refractivity (Wildman–Crippen MR) is 58.8 cm³/mol. The normalized spacial score (nSPS) is 4.62. The van der Waals surface area contributed by atoms with Crippen LogP contribution in [0.15, 0.2) is 0 Å². The fourth-order valence-electron chi connectivity index (χ4n) is 0. The van der Waals surface area contributed by atoms with Crippen LogP contribution in [0.1, 0.15) is 0 Å². The Morgan fingerprint density at radius 3 is 0.462 bits per heavy atom. The first-order valence-corrected chi connectivity index (χ1v) is 9.19. The van der Waals surface area contributed by atoms with Crippen molar-refractivity contribution < 1.29 is 105 Å². The molecule has 0 aromatic heterocycles. The molecule has 0 aromatic rings. The summed E-state index contributed by atoms with van der Waals surface area (Å²) >= 11 is 0. The van der Waals surface area contributed by atoms with Gasteiger partial charge in [-0.05, 0) is 0 Å². The van der Waals surface area contributed by atoms with E-state index in [1.807, 2.05) is 0 Å². The average Bonchev–Trinajstić information content (AvgIpc) is 1.94. The van der Waals surface area contributed by atoms with Crippen molar-refractivity contribution in [2.75, 3.05) is 0 Å². The van der Waals surface area contributed by atoms with E-state index >= 15 is 0 Å². The molecule has 0 aliphatic heterocycles. The summed E-state index contributed by atoms with van der Waals surface area (Å²) in [7, 11) is -18.1. The summed E-state index contributed by atoms with van der Waals surface area (Å²) in [5.74, 6) is 0. The maximum Gasteiger partial charge on any atom is 3.00 e. The van der Waals surface area contributed by atoms with Crippen LogP contribution in [0.2, 0.25) is 0 Å². The molecule has 0 heterocycles. The van der Waals surface area contributed by atoms with Crippen LogP contribution < -0.4 is 77.5 Å². The van der Waals surface area contributed by atoms with Crippen LogP contribution in [0, 0.1) is 0 Å². The van der Waals surface area contributed by atoms with E-state index in [-0.39, 0.29) is 184 Å². The first-order valence-electron chi connectivity index (χ1n) is 3.06. The second-order valence-electron chi connectivity index (χ2n) is 1.25. The predicted octanol–water partition coefficient (Wildman–Crippen LogP) is -19.7. The smallest absolute Gasteiger partial charge is 0.672 e. The molecule has 0 rings (SSSR count). The standard InChI is InChI=1S/Al.Ba.Ca.Na.5O3Si.H2O.Sr/c;;;;5*1-4(2)3;;/h;;;;;;;;;1H2;/q+3;2*+2;+1;5*-2;;+2. The first-order chi connectivity index (χ1) is 8.66. The third-order valence-electron chi connectivity index (χ3n) is 0. The van der Waals surface area contributed by atoms with Gasteiger partial charge in [0.25, 0.3) is 0 Å². The minimum absolute atomic E-state index is 0. The second kappa shape index (κ2) is 63.0. The van der Waals surface area contributed by atoms with Gasteiger partial charge in [-0.15, -0.1) is 0 Å². The van der Waals surface area contributed by atoms with E-state index in [9.17, 15) is 0 Å². The number of hydrogen-bond acceptors (Lipinski definition) is 15. The van der Waals surface area contributed by atoms with E-state index in [1.54, 1.807) is 0 Å². The Bertz CT molecular complexity index is 231. The molecule has 0 aromatic carbocycles. The molecule has 0 bridgehead atoms. The Kier molecular flexibility index (Phi) is 169. The van der Waals surface area contributed by atoms with Crippen molar-refractivity contribution >= 4 is 195 Å². The number of hydrogen-bond donors (Lipinski definition) is 0. The molecular weight excluding hydrogens is 711 g/mol. The monoisotopic (exact) mass is 714 g/mol. The molecule has 0 saturated carbocycles. The Hall–Kier alpha value is 3.89. The molecule has 2 N–H and O–H groups in total. The summed E-state index contributed by atoms with van der Waals surface area (Å²) in [4.78, 5) is 85.2. The van der Waals surface area contributed by atoms with Crippen molar-refractivity contribution in [2.45, 2.75) is 0 Å². The molecule has 0 aliphatic carbocycles. The van der Waals surface area contributed by atoms with Crippen LogP contribution in [0.3, 0.4) is 0 Å². The molecule has 0 saturated heterocycles. The Labute approximate surface area is 293 Å². The summed E-state index contributed by atoms with van der Waals surface area (Å²) in [6, 6.07) is 0. The molecule has 0 spiro atoms. The van der Waals surface area contributed by atoms with Crippen LogP contribution in [-0.4, -0.2) is 201 Å². The molecule has 0 aliphatic rings. The largest absolute Gasteiger partial charge is 3.00 e. The van der Waals surface area contributed by atoms with Crippen LogP contribution >= 0.6 is 0 Å². The van der Waals surface area contributed by atoms with Gasteiger partial charge in [-0.1, -0.05) is 0 Å². The van der Waals surface area contributed by atoms with Gasteiger partial charge < -0.3 is 75.7 Å². The maximum absolute atomic E-state index is 8.52. The zero-order chi connectivity index (χ0) is 17.9. The maximum atomic E-state index is 8.52. The van der Waals surface area contributed by atoms with Crippen LogP contribution in [0.25, 0.3) is 0 Å². The van der Waals surface area contributed by atoms with Gasteiger partial charge in [-0.25, -0.2) is 0 Å². The van der Waals surface area contributed by atoms with Crippen LogP contribution in [-0.2, 0) is 22.3 Å². The zero-order valence-electron chi connectivity index (χ0n) is 12.8. The molecule has 0 amide bonds. The molecule has 0 radical (unpaired) electrons. The van der Waals surface area contributed by atoms with Crippen molar-refractivity contribution in [3.8, 4) is 0 Å². The molecule has 0 fully saturated rings. The summed E-state index contributed by atoms with van der Waals surface area (Å²) in [5.41, 5.74) is 0. The Balaban J connectivity index is -0.0000000114. The van der Waals surface area contributed by atoms with Gasteiger partial charge in [0.1, 0.15) is 0 Å². The summed E-state index contributed by atoms with van der Waals surface area (Å²) in [5, 5.41) is 0. The fourth-order valence-corrected chi connectivity index (χ4v) is 0. The fraction of sp³-hybridized carbons (Fsp3) is 0. The molecule has 26 heavy (non-hydrogen) atoms. The summed E-state index contributed by atoms with van der Waals surface area (Å²) < 4.78 is 42.6. The van der Waals surface area contributed by atoms with Crippen molar-refractivity contribution in [2.24, 2.45) is 0 Å². The van der Waals surface area contributed by atoms with Crippen LogP contribution in [0.5, 0.6) is 0 Å². The van der Waals surface area contributed by atoms with E-state index in [2.05, 4.69) is 0 Å². The quantitative estimate of drug-likeness (QED) is 0.210. The van der Waals surface area contributed by atoms with Gasteiger partial charge >= 0.3 is 179 Å². The molecular formula is H2AlBaCaNaO16Si5Sr. The van der Waals surface area contributed by atoms with E-state index in [4.69, 9.17) is 70.3 Å². The Morgan fingerprint density at radius 1 is 0.462 bits per heavy atom. The third-order valence-corrected chi connectivity index (χ3v) is 0. The van der Waals surface area contributed by atoms with Crippen molar-refractivity contribution in [3.05, 3.63) is 0 Å². The Morgan fingerprint density at radius 2 is 0.462 bits per heavy atom. The van der Waals surface area contributed by atoms with Gasteiger partial charge in [0.05, 0.1) is 0 Å². The second-order valence-corrected chi connectivity index (χ2v) is 3.75. The van der Waals surface area contributed by atoms with E-state index in [0.29, 0.717) is 0 Å². The van der Waals surface area contributed by atoms with Gasteiger partial charge in [-0.2, -0.15) is 0 Å². The summed E-state index contributed by atoms with van der Waals surface area (Å²) in [6.45, 7) is 0. The van der Waals surface area contributed by atoms with E-state index in [0.717, 1.165) is 0 Å². The third kappa shape index (κ3) is 1330. The zero-order valence-corrected chi connectivity index (χ0v) is 31.1. The van der Waals surface area contributed by atoms with Gasteiger partial charge in [0.15, 0.2) is 0 Å². The van der Waals surface area contributed by atoms with Gasteiger partial charge in [-0.3, -0.25) is 0 Å². The molecule has 0 atom stereocenters. The molecule has 26 heteroatoms. The topological polar surface area (TPSA) is 347 Å². The molecule has 128 valence electrons. The minimum atomic E-state index is -3.63. The SMILES string of the molecule is O.O=[Si]([O-])[O-].O=[Si]([O-])[O-].O=[Si]([O-])[O-].O=[Si]([O-])[O-].O=[Si]([O-])[O-].[Al+3].[Ba+2].[Ca+2].[Na+].[Sr+2]. The van der Waals surface area contributed by atoms with E-state index in [1.165, 1.54) is 0 Å². The first kappa shape index (κ1) is 69.9. The minimum Gasteiger partial charge on any atom is -0.672 e. The average molecular weight is 713 g/mol. The summed E-state index contributed by atoms with van der Waals surface area (Å²) in [6.07, 6.45) is 0. The van der Waals surface area contributed by atoms with Gasteiger partial charge in [0.2, 0.25) is 0 Å². The molecule has 16 nitrogen and oxygen atoms in total. The number of rotatable bonds is 0. The van der Waals surface area contributed by atoms with Crippen molar-refractivity contribution in [1.29, 1.82) is 0 Å². The van der Waals surface area contributed by atoms with Crippen molar-refractivity contribution in [1.82, 2.24) is 0 Å². The molecule has 0 unspecified atom stereocenters. The van der Waals surface area contributed by atoms with Crippen molar-refractivity contribution in [3.63, 3.8) is 0 Å². The van der Waals surface area contributed by atoms with Crippen LogP contribution in [0.4, 0.5) is 0 Å². The van der Waals surface area contributed by atoms with Gasteiger partial charge in [0, 0.05) is 45.9 Å². The van der Waals surface area contributed by atoms with E-state index < -0.39 is 45.9 Å².